The number of hydrogen-bond acceptors (Lipinski definition) is 4. The molecule has 1 spiro atoms. The first-order valence-corrected chi connectivity index (χ1v) is 15.3. The minimum atomic E-state index is -5.10. The van der Waals surface area contributed by atoms with Gasteiger partial charge in [0.05, 0.1) is 22.2 Å². The SMILES string of the molecule is CC(=O)N1CCC2(CC1)c1cc(C(=O)NCc3ccccc3Cl)ccc1N(S(=O)(=O)c1ccc(F)c(C(F)(F)F)c1)C2C. The zero-order valence-corrected chi connectivity index (χ0v) is 24.8. The average molecular weight is 638 g/mol. The highest BCUT2D eigenvalue weighted by Gasteiger charge is 2.54. The number of rotatable bonds is 5. The third kappa shape index (κ3) is 5.46. The maximum absolute atomic E-state index is 14.0. The first-order chi connectivity index (χ1) is 20.2. The topological polar surface area (TPSA) is 86.8 Å². The van der Waals surface area contributed by atoms with Crippen molar-refractivity contribution in [1.82, 2.24) is 10.2 Å². The molecular formula is C30H28ClF4N3O4S. The molecule has 13 heteroatoms. The molecule has 43 heavy (non-hydrogen) atoms. The quantitative estimate of drug-likeness (QED) is 0.353. The number of fused-ring (bicyclic) bond motifs is 2. The Kier molecular flexibility index (Phi) is 7.97. The molecule has 5 rings (SSSR count). The van der Waals surface area contributed by atoms with Crippen LogP contribution in [0.2, 0.25) is 5.02 Å². The number of amides is 2. The van der Waals surface area contributed by atoms with Gasteiger partial charge in [0, 0.05) is 42.6 Å². The van der Waals surface area contributed by atoms with Crippen molar-refractivity contribution in [2.45, 2.75) is 55.8 Å². The fourth-order valence-corrected chi connectivity index (χ4v) is 8.06. The Hall–Kier alpha value is -3.64. The van der Waals surface area contributed by atoms with Gasteiger partial charge in [0.1, 0.15) is 5.82 Å². The van der Waals surface area contributed by atoms with E-state index in [1.165, 1.54) is 19.1 Å². The summed E-state index contributed by atoms with van der Waals surface area (Å²) in [6, 6.07) is 12.4. The van der Waals surface area contributed by atoms with Crippen LogP contribution in [0.1, 0.15) is 53.7 Å². The number of piperidine rings is 1. The minimum absolute atomic E-state index is 0.135. The number of carbonyl (C=O) groups excluding carboxylic acids is 2. The van der Waals surface area contributed by atoms with Crippen LogP contribution in [0.25, 0.3) is 0 Å². The van der Waals surface area contributed by atoms with Crippen molar-refractivity contribution in [2.75, 3.05) is 17.4 Å². The van der Waals surface area contributed by atoms with E-state index in [4.69, 9.17) is 11.6 Å². The summed E-state index contributed by atoms with van der Waals surface area (Å²) in [4.78, 5) is 26.2. The molecule has 2 aliphatic rings. The monoisotopic (exact) mass is 637 g/mol. The van der Waals surface area contributed by atoms with Crippen LogP contribution < -0.4 is 9.62 Å². The Morgan fingerprint density at radius 3 is 2.35 bits per heavy atom. The van der Waals surface area contributed by atoms with E-state index in [2.05, 4.69) is 5.32 Å². The molecule has 3 aromatic carbocycles. The summed E-state index contributed by atoms with van der Waals surface area (Å²) in [5.74, 6) is -2.15. The van der Waals surface area contributed by atoms with Gasteiger partial charge < -0.3 is 10.2 Å². The number of anilines is 1. The lowest BCUT2D eigenvalue weighted by atomic mass is 9.70. The van der Waals surface area contributed by atoms with E-state index in [-0.39, 0.29) is 23.7 Å². The average Bonchev–Trinajstić information content (AvgIpc) is 3.19. The van der Waals surface area contributed by atoms with Crippen molar-refractivity contribution >= 4 is 39.1 Å². The van der Waals surface area contributed by atoms with Crippen LogP contribution >= 0.6 is 11.6 Å². The summed E-state index contributed by atoms with van der Waals surface area (Å²) < 4.78 is 83.5. The summed E-state index contributed by atoms with van der Waals surface area (Å²) in [6.45, 7) is 3.90. The van der Waals surface area contributed by atoms with Gasteiger partial charge in [0.2, 0.25) is 5.91 Å². The predicted octanol–water partition coefficient (Wildman–Crippen LogP) is 5.91. The van der Waals surface area contributed by atoms with Crippen LogP contribution in [0.3, 0.4) is 0 Å². The summed E-state index contributed by atoms with van der Waals surface area (Å²) in [5, 5.41) is 3.30. The second-order valence-corrected chi connectivity index (χ2v) is 13.0. The van der Waals surface area contributed by atoms with Gasteiger partial charge in [-0.15, -0.1) is 0 Å². The first-order valence-electron chi connectivity index (χ1n) is 13.5. The summed E-state index contributed by atoms with van der Waals surface area (Å²) in [6.07, 6.45) is -4.39. The predicted molar refractivity (Wildman–Crippen MR) is 153 cm³/mol. The van der Waals surface area contributed by atoms with Crippen molar-refractivity contribution < 1.29 is 35.6 Å². The molecule has 1 saturated heterocycles. The molecule has 0 aliphatic carbocycles. The number of likely N-dealkylation sites (tertiary alicyclic amines) is 1. The number of benzene rings is 3. The molecule has 3 aromatic rings. The molecule has 228 valence electrons. The van der Waals surface area contributed by atoms with Gasteiger partial charge in [0.15, 0.2) is 0 Å². The van der Waals surface area contributed by atoms with Crippen molar-refractivity contribution in [3.8, 4) is 0 Å². The van der Waals surface area contributed by atoms with Crippen LogP contribution in [0.15, 0.2) is 65.6 Å². The molecule has 1 atom stereocenters. The minimum Gasteiger partial charge on any atom is -0.348 e. The van der Waals surface area contributed by atoms with Crippen molar-refractivity contribution in [2.24, 2.45) is 0 Å². The van der Waals surface area contributed by atoms with E-state index in [1.807, 2.05) is 0 Å². The molecule has 2 aliphatic heterocycles. The Labute approximate surface area is 251 Å². The van der Waals surface area contributed by atoms with E-state index in [0.29, 0.717) is 54.2 Å². The first kappa shape index (κ1) is 30.8. The summed E-state index contributed by atoms with van der Waals surface area (Å²) >= 11 is 6.21. The van der Waals surface area contributed by atoms with Gasteiger partial charge in [-0.3, -0.25) is 13.9 Å². The zero-order valence-electron chi connectivity index (χ0n) is 23.2. The van der Waals surface area contributed by atoms with Gasteiger partial charge in [-0.2, -0.15) is 13.2 Å². The largest absolute Gasteiger partial charge is 0.419 e. The van der Waals surface area contributed by atoms with Crippen molar-refractivity contribution in [3.63, 3.8) is 0 Å². The van der Waals surface area contributed by atoms with Gasteiger partial charge >= 0.3 is 6.18 Å². The highest BCUT2D eigenvalue weighted by molar-refractivity contribution is 7.92. The van der Waals surface area contributed by atoms with Crippen LogP contribution in [0.4, 0.5) is 23.2 Å². The third-order valence-electron chi connectivity index (χ3n) is 8.48. The van der Waals surface area contributed by atoms with Gasteiger partial charge in [0.25, 0.3) is 15.9 Å². The van der Waals surface area contributed by atoms with Crippen molar-refractivity contribution in [3.05, 3.63) is 93.8 Å². The number of nitrogens with zero attached hydrogens (tertiary/aromatic N) is 2. The molecule has 0 saturated carbocycles. The maximum Gasteiger partial charge on any atom is 0.419 e. The third-order valence-corrected chi connectivity index (χ3v) is 10.7. The van der Waals surface area contributed by atoms with Gasteiger partial charge in [-0.25, -0.2) is 12.8 Å². The number of hydrogen-bond donors (Lipinski definition) is 1. The molecule has 1 fully saturated rings. The number of sulfonamides is 1. The second-order valence-electron chi connectivity index (χ2n) is 10.8. The Bertz CT molecular complexity index is 1710. The second kappa shape index (κ2) is 11.1. The van der Waals surface area contributed by atoms with E-state index >= 15 is 0 Å². The van der Waals surface area contributed by atoms with Crippen LogP contribution in [0, 0.1) is 5.82 Å². The fraction of sp³-hybridized carbons (Fsp3) is 0.333. The molecule has 1 unspecified atom stereocenters. The Morgan fingerprint density at radius 2 is 1.72 bits per heavy atom. The van der Waals surface area contributed by atoms with E-state index in [0.717, 1.165) is 10.4 Å². The number of nitrogens with one attached hydrogen (secondary N) is 1. The van der Waals surface area contributed by atoms with E-state index in [1.54, 1.807) is 42.2 Å². The van der Waals surface area contributed by atoms with Crippen LogP contribution in [0.5, 0.6) is 0 Å². The Morgan fingerprint density at radius 1 is 1.05 bits per heavy atom. The molecule has 2 amide bonds. The molecule has 0 radical (unpaired) electrons. The molecule has 1 N–H and O–H groups in total. The molecule has 0 aromatic heterocycles. The lowest BCUT2D eigenvalue weighted by Crippen LogP contribution is -2.52. The smallest absolute Gasteiger partial charge is 0.348 e. The lowest BCUT2D eigenvalue weighted by Gasteiger charge is -2.43. The highest BCUT2D eigenvalue weighted by Crippen LogP contribution is 2.53. The van der Waals surface area contributed by atoms with E-state index in [9.17, 15) is 35.6 Å². The van der Waals surface area contributed by atoms with Gasteiger partial charge in [-0.05, 0) is 73.4 Å². The van der Waals surface area contributed by atoms with Crippen LogP contribution in [-0.2, 0) is 33.0 Å². The Balaban J connectivity index is 1.56. The van der Waals surface area contributed by atoms with Crippen LogP contribution in [-0.4, -0.2) is 44.3 Å². The summed E-state index contributed by atoms with van der Waals surface area (Å²) in [5.41, 5.74) is -0.822. The van der Waals surface area contributed by atoms with Gasteiger partial charge in [-0.1, -0.05) is 29.8 Å². The normalized spacial score (nSPS) is 18.1. The number of alkyl halides is 3. The fourth-order valence-electron chi connectivity index (χ4n) is 6.09. The number of halogens is 5. The molecular weight excluding hydrogens is 610 g/mol. The lowest BCUT2D eigenvalue weighted by molar-refractivity contribution is -0.140. The maximum atomic E-state index is 14.0. The number of carbonyl (C=O) groups is 2. The molecule has 2 heterocycles. The highest BCUT2D eigenvalue weighted by atomic mass is 35.5. The molecule has 0 bridgehead atoms. The molecule has 7 nitrogen and oxygen atoms in total. The van der Waals surface area contributed by atoms with E-state index < -0.39 is 49.8 Å². The van der Waals surface area contributed by atoms with Crippen molar-refractivity contribution in [1.29, 1.82) is 0 Å². The summed E-state index contributed by atoms with van der Waals surface area (Å²) in [7, 11) is -4.62. The zero-order chi connectivity index (χ0) is 31.3. The standard InChI is InChI=1S/C30H28ClF4N3O4S/c1-18-29(11-13-37(14-12-29)19(2)39)24-15-20(28(40)36-17-21-5-3-4-6-25(21)31)7-10-27(24)38(18)43(41,42)22-8-9-26(32)23(16-22)30(33,34)35/h3-10,15-16,18H,11-14,17H2,1-2H3,(H,36,40).